The van der Waals surface area contributed by atoms with E-state index in [1.807, 2.05) is 24.3 Å². The number of esters is 2. The van der Waals surface area contributed by atoms with Crippen LogP contribution in [0.5, 0.6) is 0 Å². The molecule has 0 heterocycles. The summed E-state index contributed by atoms with van der Waals surface area (Å²) in [5.74, 6) is -3.03. The Kier molecular flexibility index (Phi) is 13.8. The molecule has 2 unspecified atom stereocenters. The summed E-state index contributed by atoms with van der Waals surface area (Å²) in [7, 11) is 0. The van der Waals surface area contributed by atoms with Gasteiger partial charge in [0.2, 0.25) is 0 Å². The molecule has 2 aliphatic rings. The van der Waals surface area contributed by atoms with Crippen LogP contribution in [-0.2, 0) is 54.3 Å². The van der Waals surface area contributed by atoms with E-state index in [0.29, 0.717) is 5.78 Å². The Morgan fingerprint density at radius 3 is 1.42 bits per heavy atom. The summed E-state index contributed by atoms with van der Waals surface area (Å²) in [6, 6.07) is 15.8. The smallest absolute Gasteiger partial charge is 0.870 e. The van der Waals surface area contributed by atoms with Crippen molar-refractivity contribution in [3.63, 3.8) is 0 Å². The van der Waals surface area contributed by atoms with E-state index in [1.54, 1.807) is 13.8 Å². The average Bonchev–Trinajstić information content (AvgIpc) is 3.12. The predicted molar refractivity (Wildman–Crippen MR) is 129 cm³/mol. The normalized spacial score (nSPS) is 18.3. The zero-order valence-corrected chi connectivity index (χ0v) is 23.3. The third-order valence-electron chi connectivity index (χ3n) is 6.26. The van der Waals surface area contributed by atoms with Crippen molar-refractivity contribution in [3.05, 3.63) is 70.8 Å². The maximum atomic E-state index is 12.6. The van der Waals surface area contributed by atoms with Crippen molar-refractivity contribution in [1.82, 2.24) is 0 Å². The van der Waals surface area contributed by atoms with Crippen molar-refractivity contribution >= 4 is 23.5 Å². The molecular formula is C28H33NaO7. The van der Waals surface area contributed by atoms with Gasteiger partial charge in [-0.05, 0) is 61.8 Å². The second kappa shape index (κ2) is 15.7. The van der Waals surface area contributed by atoms with Gasteiger partial charge >= 0.3 is 41.5 Å². The van der Waals surface area contributed by atoms with Gasteiger partial charge in [0, 0.05) is 12.8 Å². The zero-order chi connectivity index (χ0) is 24.5. The van der Waals surface area contributed by atoms with Crippen molar-refractivity contribution in [2.24, 2.45) is 11.8 Å². The summed E-state index contributed by atoms with van der Waals surface area (Å²) < 4.78 is 10.00. The Bertz CT molecular complexity index is 972. The second-order valence-corrected chi connectivity index (χ2v) is 8.50. The molecule has 0 bridgehead atoms. The molecule has 0 spiro atoms. The van der Waals surface area contributed by atoms with Crippen LogP contribution in [0.25, 0.3) is 0 Å². The summed E-state index contributed by atoms with van der Waals surface area (Å²) in [6.45, 7) is 3.79. The van der Waals surface area contributed by atoms with E-state index in [1.165, 1.54) is 11.1 Å². The Labute approximate surface area is 234 Å². The number of Topliss-reactive ketones (excluding diaryl/α,β-unsaturated/α-hetero) is 2. The average molecular weight is 505 g/mol. The van der Waals surface area contributed by atoms with E-state index in [9.17, 15) is 19.2 Å². The van der Waals surface area contributed by atoms with E-state index in [0.717, 1.165) is 36.8 Å². The fourth-order valence-corrected chi connectivity index (χ4v) is 4.44. The van der Waals surface area contributed by atoms with Gasteiger partial charge in [-0.25, -0.2) is 0 Å². The molecule has 8 heteroatoms. The second-order valence-electron chi connectivity index (χ2n) is 8.50. The number of carbonyl (C=O) groups excluding carboxylic acids is 4. The quantitative estimate of drug-likeness (QED) is 0.260. The number of fused-ring (bicyclic) bond motifs is 2. The first-order chi connectivity index (χ1) is 16.4. The summed E-state index contributed by atoms with van der Waals surface area (Å²) in [6.07, 6.45) is 3.88. The van der Waals surface area contributed by atoms with Gasteiger partial charge in [-0.1, -0.05) is 48.5 Å². The van der Waals surface area contributed by atoms with E-state index in [-0.39, 0.29) is 61.1 Å². The van der Waals surface area contributed by atoms with Gasteiger partial charge in [-0.15, -0.1) is 0 Å². The Balaban J connectivity index is 0.000000393. The van der Waals surface area contributed by atoms with Gasteiger partial charge < -0.3 is 14.9 Å². The molecule has 4 rings (SSSR count). The SMILES string of the molecule is CCOC(=O)C1Cc2ccccc2CC(C(=O)OCC)C1=O.O=C1CCc2ccccc2CC1.[Na+].[OH-]. The minimum absolute atomic E-state index is 0. The Morgan fingerprint density at radius 1 is 0.694 bits per heavy atom. The molecule has 0 saturated heterocycles. The van der Waals surface area contributed by atoms with Crippen LogP contribution in [0, 0.1) is 11.8 Å². The van der Waals surface area contributed by atoms with Gasteiger partial charge in [-0.2, -0.15) is 0 Å². The van der Waals surface area contributed by atoms with Crippen LogP contribution in [0.4, 0.5) is 0 Å². The monoisotopic (exact) mass is 504 g/mol. The van der Waals surface area contributed by atoms with Crippen molar-refractivity contribution in [2.45, 2.75) is 52.4 Å². The first-order valence-corrected chi connectivity index (χ1v) is 12.0. The molecule has 0 aliphatic heterocycles. The molecule has 36 heavy (non-hydrogen) atoms. The molecule has 0 saturated carbocycles. The van der Waals surface area contributed by atoms with Crippen LogP contribution in [0.2, 0.25) is 0 Å². The molecule has 188 valence electrons. The minimum atomic E-state index is -0.946. The van der Waals surface area contributed by atoms with Gasteiger partial charge in [-0.3, -0.25) is 19.2 Å². The van der Waals surface area contributed by atoms with Gasteiger partial charge in [0.1, 0.15) is 17.6 Å². The van der Waals surface area contributed by atoms with Crippen LogP contribution in [0.1, 0.15) is 48.9 Å². The number of rotatable bonds is 4. The molecular weight excluding hydrogens is 471 g/mol. The molecule has 2 aliphatic carbocycles. The summed E-state index contributed by atoms with van der Waals surface area (Å²) in [4.78, 5) is 48.0. The maximum Gasteiger partial charge on any atom is 1.00 e. The number of ether oxygens (including phenoxy) is 2. The molecule has 1 N–H and O–H groups in total. The largest absolute Gasteiger partial charge is 1.00 e. The molecule has 2 aromatic rings. The van der Waals surface area contributed by atoms with E-state index >= 15 is 0 Å². The summed E-state index contributed by atoms with van der Waals surface area (Å²) in [5, 5.41) is 0. The minimum Gasteiger partial charge on any atom is -0.870 e. The first-order valence-electron chi connectivity index (χ1n) is 12.0. The van der Waals surface area contributed by atoms with Gasteiger partial charge in [0.25, 0.3) is 0 Å². The zero-order valence-electron chi connectivity index (χ0n) is 21.3. The molecule has 0 aromatic heterocycles. The van der Waals surface area contributed by atoms with E-state index < -0.39 is 29.6 Å². The van der Waals surface area contributed by atoms with Crippen LogP contribution in [0.3, 0.4) is 0 Å². The summed E-state index contributed by atoms with van der Waals surface area (Å²) >= 11 is 0. The Morgan fingerprint density at radius 2 is 1.06 bits per heavy atom. The van der Waals surface area contributed by atoms with Crippen LogP contribution >= 0.6 is 0 Å². The molecule has 2 atom stereocenters. The fraction of sp³-hybridized carbons (Fsp3) is 0.429. The van der Waals surface area contributed by atoms with Crippen LogP contribution in [0.15, 0.2) is 48.5 Å². The number of ketones is 2. The van der Waals surface area contributed by atoms with Crippen molar-refractivity contribution in [2.75, 3.05) is 13.2 Å². The van der Waals surface area contributed by atoms with E-state index in [4.69, 9.17) is 9.47 Å². The van der Waals surface area contributed by atoms with Crippen molar-refractivity contribution < 1.29 is 63.7 Å². The molecule has 0 amide bonds. The van der Waals surface area contributed by atoms with Gasteiger partial charge in [0.05, 0.1) is 13.2 Å². The molecule has 2 aromatic carbocycles. The first kappa shape index (κ1) is 31.7. The third kappa shape index (κ3) is 8.37. The number of hydrogen-bond acceptors (Lipinski definition) is 7. The standard InChI is InChI=1S/C17H20O5.C11H12O.Na.H2O/c1-3-21-16(19)13-9-11-7-5-6-8-12(11)10-14(15(13)18)17(20)22-4-2;12-11-7-5-9-3-1-2-4-10(9)6-8-11;;/h5-8,13-14H,3-4,9-10H2,1-2H3;1-4H,5-8H2;;1H2/q;;+1;/p-1. The van der Waals surface area contributed by atoms with Crippen molar-refractivity contribution in [3.8, 4) is 0 Å². The number of hydrogen-bond donors (Lipinski definition) is 0. The van der Waals surface area contributed by atoms with Crippen molar-refractivity contribution in [1.29, 1.82) is 0 Å². The Hall–Kier alpha value is -2.32. The topological polar surface area (TPSA) is 117 Å². The number of aryl methyl sites for hydroxylation is 2. The predicted octanol–water partition coefficient (Wildman–Crippen LogP) is 0.675. The summed E-state index contributed by atoms with van der Waals surface area (Å²) in [5.41, 5.74) is 4.54. The third-order valence-corrected chi connectivity index (χ3v) is 6.26. The van der Waals surface area contributed by atoms with Crippen LogP contribution in [-0.4, -0.2) is 42.2 Å². The van der Waals surface area contributed by atoms with E-state index in [2.05, 4.69) is 24.3 Å². The fourth-order valence-electron chi connectivity index (χ4n) is 4.44. The maximum absolute atomic E-state index is 12.6. The van der Waals surface area contributed by atoms with Gasteiger partial charge in [0.15, 0.2) is 5.78 Å². The van der Waals surface area contributed by atoms with Crippen LogP contribution < -0.4 is 29.6 Å². The number of carbonyl (C=O) groups is 4. The number of benzene rings is 2. The molecule has 0 radical (unpaired) electrons. The molecule has 0 fully saturated rings. The molecule has 7 nitrogen and oxygen atoms in total.